The second-order valence-corrected chi connectivity index (χ2v) is 4.86. The van der Waals surface area contributed by atoms with Crippen molar-refractivity contribution in [3.8, 4) is 11.4 Å². The first-order valence-electron chi connectivity index (χ1n) is 6.91. The van der Waals surface area contributed by atoms with Crippen LogP contribution in [0.15, 0.2) is 36.4 Å². The van der Waals surface area contributed by atoms with Crippen molar-refractivity contribution in [3.63, 3.8) is 0 Å². The maximum absolute atomic E-state index is 12.1. The molecule has 0 aliphatic heterocycles. The van der Waals surface area contributed by atoms with Crippen molar-refractivity contribution in [2.24, 2.45) is 0 Å². The maximum atomic E-state index is 12.1. The third-order valence-corrected chi connectivity index (χ3v) is 3.50. The average molecular weight is 327 g/mol. The molecule has 8 heteroatoms. The minimum Gasteiger partial charge on any atom is -0.508 e. The van der Waals surface area contributed by atoms with E-state index in [0.29, 0.717) is 11.1 Å². The molecule has 0 fully saturated rings. The van der Waals surface area contributed by atoms with E-state index in [0.717, 1.165) is 5.39 Å². The molecule has 1 N–H and O–H groups in total. The van der Waals surface area contributed by atoms with E-state index in [1.165, 1.54) is 25.0 Å². The van der Waals surface area contributed by atoms with Gasteiger partial charge in [0.25, 0.3) is 0 Å². The fourth-order valence-electron chi connectivity index (χ4n) is 2.39. The molecule has 3 aromatic rings. The van der Waals surface area contributed by atoms with E-state index in [4.69, 9.17) is 4.74 Å². The number of phenols is 1. The van der Waals surface area contributed by atoms with Gasteiger partial charge in [0.2, 0.25) is 5.69 Å². The predicted molar refractivity (Wildman–Crippen MR) is 83.2 cm³/mol. The summed E-state index contributed by atoms with van der Waals surface area (Å²) in [5, 5.41) is 18.8. The summed E-state index contributed by atoms with van der Waals surface area (Å²) in [7, 11) is 2.37. The van der Waals surface area contributed by atoms with E-state index in [1.54, 1.807) is 24.3 Å². The number of carbonyl (C=O) groups is 2. The van der Waals surface area contributed by atoms with Crippen LogP contribution in [0.1, 0.15) is 21.0 Å². The molecule has 0 amide bonds. The summed E-state index contributed by atoms with van der Waals surface area (Å²) in [4.78, 5) is 24.0. The lowest BCUT2D eigenvalue weighted by atomic mass is 10.1. The summed E-state index contributed by atoms with van der Waals surface area (Å²) < 4.78 is 10.6. The van der Waals surface area contributed by atoms with Crippen LogP contribution in [-0.4, -0.2) is 46.3 Å². The van der Waals surface area contributed by atoms with Crippen molar-refractivity contribution in [2.75, 3.05) is 14.2 Å². The van der Waals surface area contributed by atoms with E-state index in [2.05, 4.69) is 15.0 Å². The molecule has 0 unspecified atom stereocenters. The molecule has 24 heavy (non-hydrogen) atoms. The molecule has 3 rings (SSSR count). The quantitative estimate of drug-likeness (QED) is 0.730. The van der Waals surface area contributed by atoms with Crippen molar-refractivity contribution < 1.29 is 24.2 Å². The predicted octanol–water partition coefficient (Wildman–Crippen LogP) is 1.70. The fourth-order valence-corrected chi connectivity index (χ4v) is 2.39. The van der Waals surface area contributed by atoms with E-state index >= 15 is 0 Å². The number of esters is 2. The van der Waals surface area contributed by atoms with Crippen LogP contribution < -0.4 is 0 Å². The molecule has 0 atom stereocenters. The SMILES string of the molecule is COC(=O)c1nnn(-c2cccc3ccc(O)cc23)c1C(=O)OC. The Morgan fingerprint density at radius 3 is 2.54 bits per heavy atom. The molecule has 8 nitrogen and oxygen atoms in total. The number of rotatable bonds is 3. The largest absolute Gasteiger partial charge is 0.508 e. The highest BCUT2D eigenvalue weighted by Gasteiger charge is 2.28. The molecule has 122 valence electrons. The normalized spacial score (nSPS) is 10.6. The summed E-state index contributed by atoms with van der Waals surface area (Å²) in [5.74, 6) is -1.52. The molecular formula is C16H13N3O5. The third-order valence-electron chi connectivity index (χ3n) is 3.50. The Hall–Kier alpha value is -3.42. The minimum absolute atomic E-state index is 0.0582. The van der Waals surface area contributed by atoms with E-state index in [-0.39, 0.29) is 17.1 Å². The summed E-state index contributed by atoms with van der Waals surface area (Å²) in [6.45, 7) is 0. The van der Waals surface area contributed by atoms with Gasteiger partial charge in [-0.15, -0.1) is 5.10 Å². The van der Waals surface area contributed by atoms with Gasteiger partial charge in [-0.05, 0) is 23.6 Å². The summed E-state index contributed by atoms with van der Waals surface area (Å²) in [6, 6.07) is 10.1. The number of fused-ring (bicyclic) bond motifs is 1. The van der Waals surface area contributed by atoms with Gasteiger partial charge in [-0.25, -0.2) is 14.3 Å². The van der Waals surface area contributed by atoms with Crippen molar-refractivity contribution in [2.45, 2.75) is 0 Å². The van der Waals surface area contributed by atoms with Crippen LogP contribution in [0.25, 0.3) is 16.5 Å². The van der Waals surface area contributed by atoms with Gasteiger partial charge < -0.3 is 14.6 Å². The van der Waals surface area contributed by atoms with Gasteiger partial charge in [0.1, 0.15) is 5.75 Å². The molecule has 0 aliphatic rings. The smallest absolute Gasteiger partial charge is 0.361 e. The Bertz CT molecular complexity index is 948. The van der Waals surface area contributed by atoms with Crippen molar-refractivity contribution in [1.82, 2.24) is 15.0 Å². The van der Waals surface area contributed by atoms with Gasteiger partial charge in [0.05, 0.1) is 19.9 Å². The third kappa shape index (κ3) is 2.43. The zero-order valence-corrected chi connectivity index (χ0v) is 12.9. The monoisotopic (exact) mass is 327 g/mol. The highest BCUT2D eigenvalue weighted by molar-refractivity contribution is 6.01. The Balaban J connectivity index is 2.31. The van der Waals surface area contributed by atoms with E-state index < -0.39 is 11.9 Å². The molecule has 0 bridgehead atoms. The standard InChI is InChI=1S/C16H13N3O5/c1-23-15(21)13-14(16(22)24-2)19(18-17-13)12-5-3-4-9-6-7-10(20)8-11(9)12/h3-8,20H,1-2H3. The minimum atomic E-state index is -0.801. The lowest BCUT2D eigenvalue weighted by Gasteiger charge is -2.09. The number of hydrogen-bond acceptors (Lipinski definition) is 7. The summed E-state index contributed by atoms with van der Waals surface area (Å²) >= 11 is 0. The number of methoxy groups -OCH3 is 2. The van der Waals surface area contributed by atoms with Gasteiger partial charge in [-0.2, -0.15) is 0 Å². The first-order chi connectivity index (χ1) is 11.6. The fraction of sp³-hybridized carbons (Fsp3) is 0.125. The highest BCUT2D eigenvalue weighted by atomic mass is 16.5. The van der Waals surface area contributed by atoms with Gasteiger partial charge in [-0.1, -0.05) is 23.4 Å². The van der Waals surface area contributed by atoms with Crippen molar-refractivity contribution in [3.05, 3.63) is 47.8 Å². The van der Waals surface area contributed by atoms with Crippen LogP contribution in [0.2, 0.25) is 0 Å². The molecule has 1 heterocycles. The summed E-state index contributed by atoms with van der Waals surface area (Å²) in [5.41, 5.74) is 0.0631. The summed E-state index contributed by atoms with van der Waals surface area (Å²) in [6.07, 6.45) is 0. The van der Waals surface area contributed by atoms with E-state index in [1.807, 2.05) is 6.07 Å². The molecule has 0 saturated heterocycles. The molecule has 0 spiro atoms. The Kier molecular flexibility index (Phi) is 3.87. The van der Waals surface area contributed by atoms with Crippen molar-refractivity contribution >= 4 is 22.7 Å². The second-order valence-electron chi connectivity index (χ2n) is 4.86. The van der Waals surface area contributed by atoms with Gasteiger partial charge >= 0.3 is 11.9 Å². The molecular weight excluding hydrogens is 314 g/mol. The van der Waals surface area contributed by atoms with Crippen LogP contribution in [0.3, 0.4) is 0 Å². The van der Waals surface area contributed by atoms with Crippen LogP contribution in [0, 0.1) is 0 Å². The van der Waals surface area contributed by atoms with Gasteiger partial charge in [-0.3, -0.25) is 0 Å². The highest BCUT2D eigenvalue weighted by Crippen LogP contribution is 2.27. The maximum Gasteiger partial charge on any atom is 0.361 e. The van der Waals surface area contributed by atoms with Crippen LogP contribution in [0.4, 0.5) is 0 Å². The Labute approximate surface area is 136 Å². The first kappa shape index (κ1) is 15.5. The Morgan fingerprint density at radius 2 is 1.83 bits per heavy atom. The van der Waals surface area contributed by atoms with Crippen LogP contribution in [-0.2, 0) is 9.47 Å². The van der Waals surface area contributed by atoms with Crippen molar-refractivity contribution in [1.29, 1.82) is 0 Å². The number of phenolic OH excluding ortho intramolecular Hbond substituents is 1. The van der Waals surface area contributed by atoms with E-state index in [9.17, 15) is 14.7 Å². The van der Waals surface area contributed by atoms with Gasteiger partial charge in [0.15, 0.2) is 5.69 Å². The number of benzene rings is 2. The number of carbonyl (C=O) groups excluding carboxylic acids is 2. The first-order valence-corrected chi connectivity index (χ1v) is 6.91. The zero-order valence-electron chi connectivity index (χ0n) is 12.9. The molecule has 1 aromatic heterocycles. The molecule has 2 aromatic carbocycles. The van der Waals surface area contributed by atoms with Crippen LogP contribution >= 0.6 is 0 Å². The molecule has 0 radical (unpaired) electrons. The topological polar surface area (TPSA) is 104 Å². The number of nitrogens with zero attached hydrogens (tertiary/aromatic N) is 3. The zero-order chi connectivity index (χ0) is 17.3. The second kappa shape index (κ2) is 5.99. The number of ether oxygens (including phenoxy) is 2. The Morgan fingerprint density at radius 1 is 1.08 bits per heavy atom. The number of aromatic hydroxyl groups is 1. The lowest BCUT2D eigenvalue weighted by Crippen LogP contribution is -2.15. The average Bonchev–Trinajstić information content (AvgIpc) is 3.04. The molecule has 0 saturated carbocycles. The van der Waals surface area contributed by atoms with Gasteiger partial charge in [0, 0.05) is 5.39 Å². The number of aromatic nitrogens is 3. The van der Waals surface area contributed by atoms with Crippen LogP contribution in [0.5, 0.6) is 5.75 Å². The lowest BCUT2D eigenvalue weighted by molar-refractivity contribution is 0.0546. The molecule has 0 aliphatic carbocycles. The number of hydrogen-bond donors (Lipinski definition) is 1.